The van der Waals surface area contributed by atoms with Crippen molar-refractivity contribution >= 4 is 45.9 Å². The highest BCUT2D eigenvalue weighted by Crippen LogP contribution is 2.38. The van der Waals surface area contributed by atoms with Crippen molar-refractivity contribution in [3.05, 3.63) is 81.7 Å². The van der Waals surface area contributed by atoms with Crippen molar-refractivity contribution < 1.29 is 28.2 Å². The van der Waals surface area contributed by atoms with Crippen molar-refractivity contribution in [2.45, 2.75) is 50.7 Å². The highest BCUT2D eigenvalue weighted by molar-refractivity contribution is 7.99. The Hall–Kier alpha value is -4.23. The van der Waals surface area contributed by atoms with E-state index >= 15 is 0 Å². The van der Waals surface area contributed by atoms with E-state index in [4.69, 9.17) is 9.47 Å². The molecule has 0 aliphatic heterocycles. The number of thiophene rings is 1. The predicted octanol–water partition coefficient (Wildman–Crippen LogP) is 5.58. The number of thioether (sulfide) groups is 1. The van der Waals surface area contributed by atoms with Gasteiger partial charge in [0.25, 0.3) is 5.91 Å². The van der Waals surface area contributed by atoms with E-state index in [1.807, 2.05) is 18.2 Å². The fourth-order valence-corrected chi connectivity index (χ4v) is 7.06. The fourth-order valence-electron chi connectivity index (χ4n) is 5.00. The van der Waals surface area contributed by atoms with Gasteiger partial charge in [-0.1, -0.05) is 36.4 Å². The molecule has 1 aliphatic rings. The van der Waals surface area contributed by atoms with Gasteiger partial charge in [0.1, 0.15) is 16.6 Å². The Morgan fingerprint density at radius 2 is 1.89 bits per heavy atom. The van der Waals surface area contributed by atoms with Gasteiger partial charge in [0.15, 0.2) is 11.0 Å². The zero-order chi connectivity index (χ0) is 31.1. The number of halogens is 1. The molecule has 2 N–H and O–H groups in total. The summed E-state index contributed by atoms with van der Waals surface area (Å²) < 4.78 is 26.2. The average molecular weight is 638 g/mol. The van der Waals surface area contributed by atoms with Gasteiger partial charge in [0.05, 0.1) is 37.3 Å². The van der Waals surface area contributed by atoms with Crippen LogP contribution >= 0.6 is 23.1 Å². The predicted molar refractivity (Wildman–Crippen MR) is 166 cm³/mol. The monoisotopic (exact) mass is 637 g/mol. The smallest absolute Gasteiger partial charge is 0.341 e. The number of anilines is 1. The molecule has 5 rings (SSSR count). The van der Waals surface area contributed by atoms with Gasteiger partial charge in [-0.3, -0.25) is 14.2 Å². The van der Waals surface area contributed by atoms with E-state index in [1.54, 1.807) is 24.7 Å². The molecular weight excluding hydrogens is 606 g/mol. The zero-order valence-corrected chi connectivity index (χ0v) is 26.0. The quantitative estimate of drug-likeness (QED) is 0.124. The molecule has 0 unspecified atom stereocenters. The molecule has 13 heteroatoms. The second-order valence-corrected chi connectivity index (χ2v) is 12.0. The number of benzene rings is 2. The molecule has 44 heavy (non-hydrogen) atoms. The second-order valence-electron chi connectivity index (χ2n) is 9.92. The fraction of sp³-hybridized carbons (Fsp3) is 0.323. The van der Waals surface area contributed by atoms with E-state index in [-0.39, 0.29) is 30.4 Å². The third-order valence-electron chi connectivity index (χ3n) is 7.01. The van der Waals surface area contributed by atoms with Crippen molar-refractivity contribution in [3.63, 3.8) is 0 Å². The number of nitrogens with zero attached hydrogens (tertiary/aromatic N) is 3. The first-order valence-corrected chi connectivity index (χ1v) is 16.1. The van der Waals surface area contributed by atoms with Gasteiger partial charge in [-0.05, 0) is 68.5 Å². The summed E-state index contributed by atoms with van der Waals surface area (Å²) in [5, 5.41) is 15.2. The summed E-state index contributed by atoms with van der Waals surface area (Å²) in [6.07, 6.45) is 4.79. The molecule has 1 aliphatic carbocycles. The van der Waals surface area contributed by atoms with Gasteiger partial charge in [-0.15, -0.1) is 21.5 Å². The summed E-state index contributed by atoms with van der Waals surface area (Å²) in [5.41, 5.74) is 2.23. The van der Waals surface area contributed by atoms with Crippen molar-refractivity contribution in [1.82, 2.24) is 20.1 Å². The van der Waals surface area contributed by atoms with Crippen LogP contribution in [0.4, 0.5) is 9.39 Å². The largest absolute Gasteiger partial charge is 0.495 e. The molecule has 4 aromatic rings. The van der Waals surface area contributed by atoms with Crippen LogP contribution in [0.25, 0.3) is 5.69 Å². The number of carbonyl (C=O) groups is 3. The maximum absolute atomic E-state index is 13.6. The number of esters is 1. The Kier molecular flexibility index (Phi) is 10.3. The molecule has 0 bridgehead atoms. The minimum absolute atomic E-state index is 0.0171. The van der Waals surface area contributed by atoms with Crippen LogP contribution in [0.15, 0.2) is 53.7 Å². The van der Waals surface area contributed by atoms with Crippen molar-refractivity contribution in [1.29, 1.82) is 0 Å². The molecule has 2 aromatic carbocycles. The molecule has 0 saturated carbocycles. The number of hydrogen-bond donors (Lipinski definition) is 2. The van der Waals surface area contributed by atoms with E-state index in [0.29, 0.717) is 33.0 Å². The molecule has 2 aromatic heterocycles. The van der Waals surface area contributed by atoms with E-state index in [1.165, 1.54) is 29.5 Å². The number of fused-ring (bicyclic) bond motifs is 1. The van der Waals surface area contributed by atoms with Crippen LogP contribution in [0, 0.1) is 5.82 Å². The summed E-state index contributed by atoms with van der Waals surface area (Å²) in [5.74, 6) is -0.820. The molecular formula is C31H32FN5O5S2. The van der Waals surface area contributed by atoms with E-state index in [0.717, 1.165) is 60.4 Å². The number of nitrogens with one attached hydrogen (secondary N) is 2. The van der Waals surface area contributed by atoms with Gasteiger partial charge in [-0.25, -0.2) is 9.18 Å². The van der Waals surface area contributed by atoms with Crippen LogP contribution in [0.3, 0.4) is 0 Å². The van der Waals surface area contributed by atoms with E-state index in [2.05, 4.69) is 20.8 Å². The number of para-hydroxylation sites is 2. The lowest BCUT2D eigenvalue weighted by Crippen LogP contribution is -2.25. The number of rotatable bonds is 11. The lowest BCUT2D eigenvalue weighted by Gasteiger charge is -2.14. The van der Waals surface area contributed by atoms with Crippen LogP contribution in [0.1, 0.15) is 63.2 Å². The first kappa shape index (κ1) is 31.2. The number of aromatic nitrogens is 3. The molecule has 230 valence electrons. The maximum Gasteiger partial charge on any atom is 0.341 e. The Morgan fingerprint density at radius 1 is 1.07 bits per heavy atom. The first-order valence-electron chi connectivity index (χ1n) is 14.2. The van der Waals surface area contributed by atoms with Gasteiger partial charge in [0, 0.05) is 10.4 Å². The SMILES string of the molecule is CCOC(=O)c1c(NC(=O)CSc2nnc(CNC(=O)c3cccc(F)c3)n2-c2ccccc2OC)sc2c1CCCCC2. The molecule has 0 fully saturated rings. The molecule has 10 nitrogen and oxygen atoms in total. The highest BCUT2D eigenvalue weighted by atomic mass is 32.2. The van der Waals surface area contributed by atoms with Crippen LogP contribution in [-0.2, 0) is 28.9 Å². The molecule has 0 atom stereocenters. The Balaban J connectivity index is 1.36. The van der Waals surface area contributed by atoms with Gasteiger partial charge in [0.2, 0.25) is 5.91 Å². The third kappa shape index (κ3) is 7.11. The van der Waals surface area contributed by atoms with Crippen molar-refractivity contribution in [2.75, 3.05) is 24.8 Å². The number of carbonyl (C=O) groups excluding carboxylic acids is 3. The van der Waals surface area contributed by atoms with Crippen molar-refractivity contribution in [3.8, 4) is 11.4 Å². The van der Waals surface area contributed by atoms with E-state index < -0.39 is 17.7 Å². The summed E-state index contributed by atoms with van der Waals surface area (Å²) in [7, 11) is 1.54. The van der Waals surface area contributed by atoms with Gasteiger partial charge in [-0.2, -0.15) is 0 Å². The standard InChI is InChI=1S/C31H32FN5O5S2/c1-3-42-30(40)27-21-12-5-4-6-15-24(21)44-29(27)34-26(38)18-43-31-36-35-25(37(31)22-13-7-8-14-23(22)41-2)17-33-28(39)19-10-9-11-20(32)16-19/h7-11,13-14,16H,3-6,12,15,17-18H2,1-2H3,(H,33,39)(H,34,38). The van der Waals surface area contributed by atoms with Crippen LogP contribution in [0.5, 0.6) is 5.75 Å². The van der Waals surface area contributed by atoms with Crippen molar-refractivity contribution in [2.24, 2.45) is 0 Å². The highest BCUT2D eigenvalue weighted by Gasteiger charge is 2.27. The van der Waals surface area contributed by atoms with Gasteiger partial charge < -0.3 is 20.1 Å². The molecule has 0 radical (unpaired) electrons. The van der Waals surface area contributed by atoms with Gasteiger partial charge >= 0.3 is 5.97 Å². The maximum atomic E-state index is 13.6. The zero-order valence-electron chi connectivity index (χ0n) is 24.4. The summed E-state index contributed by atoms with van der Waals surface area (Å²) >= 11 is 2.59. The van der Waals surface area contributed by atoms with Crippen LogP contribution in [0.2, 0.25) is 0 Å². The van der Waals surface area contributed by atoms with Crippen LogP contribution < -0.4 is 15.4 Å². The van der Waals surface area contributed by atoms with E-state index in [9.17, 15) is 18.8 Å². The molecule has 0 saturated heterocycles. The minimum atomic E-state index is -0.514. The Morgan fingerprint density at radius 3 is 2.68 bits per heavy atom. The second kappa shape index (κ2) is 14.5. The summed E-state index contributed by atoms with van der Waals surface area (Å²) in [6.45, 7) is 1.99. The number of aryl methyl sites for hydroxylation is 1. The minimum Gasteiger partial charge on any atom is -0.495 e. The first-order chi connectivity index (χ1) is 21.4. The summed E-state index contributed by atoms with van der Waals surface area (Å²) in [6, 6.07) is 12.6. The molecule has 0 spiro atoms. The van der Waals surface area contributed by atoms with Crippen LogP contribution in [-0.4, -0.2) is 52.0 Å². The number of methoxy groups -OCH3 is 1. The average Bonchev–Trinajstić information content (AvgIpc) is 3.50. The summed E-state index contributed by atoms with van der Waals surface area (Å²) in [4.78, 5) is 39.9. The lowest BCUT2D eigenvalue weighted by molar-refractivity contribution is -0.113. The topological polar surface area (TPSA) is 124 Å². The lowest BCUT2D eigenvalue weighted by atomic mass is 10.1. The Labute approximate surface area is 262 Å². The normalized spacial score (nSPS) is 12.6. The molecule has 2 heterocycles. The Bertz CT molecular complexity index is 1670. The number of hydrogen-bond acceptors (Lipinski definition) is 9. The number of ether oxygens (including phenoxy) is 2. The third-order valence-corrected chi connectivity index (χ3v) is 9.14. The number of amides is 2. The molecule has 2 amide bonds.